The molecular weight excluding hydrogens is 414 g/mol. The molecule has 2 heterocycles. The van der Waals surface area contributed by atoms with Crippen molar-refractivity contribution in [3.8, 4) is 22.6 Å². The standard InChI is InChI=1S/C24H22ClN3O3/c1-4-28-21-12-17(27-16-7-9-26-10-8-16)6-5-15(21)11-20(24(28)29)19-13-18(30-2)14-22(31-3)23(19)25/h5-14H,4H2,1-3H3,(H,26,27). The minimum atomic E-state index is -0.131. The summed E-state index contributed by atoms with van der Waals surface area (Å²) >= 11 is 6.56. The summed E-state index contributed by atoms with van der Waals surface area (Å²) in [5, 5.41) is 4.64. The maximum absolute atomic E-state index is 13.4. The van der Waals surface area contributed by atoms with Gasteiger partial charge in [0.15, 0.2) is 0 Å². The van der Waals surface area contributed by atoms with Crippen LogP contribution in [0.3, 0.4) is 0 Å². The van der Waals surface area contributed by atoms with Gasteiger partial charge in [0.25, 0.3) is 5.56 Å². The molecule has 158 valence electrons. The highest BCUT2D eigenvalue weighted by atomic mass is 35.5. The minimum Gasteiger partial charge on any atom is -0.497 e. The van der Waals surface area contributed by atoms with E-state index < -0.39 is 0 Å². The third-order valence-electron chi connectivity index (χ3n) is 5.14. The van der Waals surface area contributed by atoms with Gasteiger partial charge in [0, 0.05) is 47.5 Å². The Balaban J connectivity index is 1.89. The van der Waals surface area contributed by atoms with E-state index in [4.69, 9.17) is 21.1 Å². The number of fused-ring (bicyclic) bond motifs is 1. The zero-order chi connectivity index (χ0) is 22.0. The first-order valence-corrected chi connectivity index (χ1v) is 10.2. The fraction of sp³-hybridized carbons (Fsp3) is 0.167. The molecule has 2 aromatic heterocycles. The van der Waals surface area contributed by atoms with Gasteiger partial charge in [-0.05, 0) is 48.7 Å². The van der Waals surface area contributed by atoms with Gasteiger partial charge in [-0.2, -0.15) is 0 Å². The van der Waals surface area contributed by atoms with Crippen molar-refractivity contribution in [1.29, 1.82) is 0 Å². The van der Waals surface area contributed by atoms with Crippen molar-refractivity contribution in [2.45, 2.75) is 13.5 Å². The van der Waals surface area contributed by atoms with Crippen LogP contribution in [0.15, 0.2) is 65.7 Å². The number of aryl methyl sites for hydroxylation is 1. The molecule has 0 radical (unpaired) electrons. The van der Waals surface area contributed by atoms with E-state index in [2.05, 4.69) is 10.3 Å². The highest BCUT2D eigenvalue weighted by Gasteiger charge is 2.17. The first-order chi connectivity index (χ1) is 15.0. The van der Waals surface area contributed by atoms with E-state index in [9.17, 15) is 4.79 Å². The summed E-state index contributed by atoms with van der Waals surface area (Å²) < 4.78 is 12.5. The average Bonchev–Trinajstić information content (AvgIpc) is 2.80. The molecule has 2 aromatic carbocycles. The van der Waals surface area contributed by atoms with E-state index in [-0.39, 0.29) is 5.56 Å². The van der Waals surface area contributed by atoms with E-state index in [0.29, 0.717) is 34.2 Å². The molecule has 0 saturated carbocycles. The van der Waals surface area contributed by atoms with Crippen molar-refractivity contribution < 1.29 is 9.47 Å². The van der Waals surface area contributed by atoms with Gasteiger partial charge in [0.2, 0.25) is 0 Å². The molecule has 0 unspecified atom stereocenters. The fourth-order valence-corrected chi connectivity index (χ4v) is 3.88. The summed E-state index contributed by atoms with van der Waals surface area (Å²) in [5.41, 5.74) is 3.58. The Bertz CT molecular complexity index is 1300. The van der Waals surface area contributed by atoms with Crippen molar-refractivity contribution in [3.05, 3.63) is 76.3 Å². The number of pyridine rings is 2. The van der Waals surface area contributed by atoms with Gasteiger partial charge >= 0.3 is 0 Å². The molecule has 7 heteroatoms. The molecule has 0 aliphatic rings. The van der Waals surface area contributed by atoms with Gasteiger partial charge in [-0.3, -0.25) is 9.78 Å². The minimum absolute atomic E-state index is 0.131. The van der Waals surface area contributed by atoms with Gasteiger partial charge in [-0.1, -0.05) is 17.7 Å². The van der Waals surface area contributed by atoms with Gasteiger partial charge < -0.3 is 19.4 Å². The molecule has 0 fully saturated rings. The average molecular weight is 436 g/mol. The molecule has 0 atom stereocenters. The zero-order valence-corrected chi connectivity index (χ0v) is 18.2. The summed E-state index contributed by atoms with van der Waals surface area (Å²) in [7, 11) is 3.10. The first-order valence-electron chi connectivity index (χ1n) is 9.82. The number of hydrogen-bond donors (Lipinski definition) is 1. The van der Waals surface area contributed by atoms with E-state index in [1.165, 1.54) is 7.11 Å². The van der Waals surface area contributed by atoms with Gasteiger partial charge in [-0.15, -0.1) is 0 Å². The third-order valence-corrected chi connectivity index (χ3v) is 5.53. The Morgan fingerprint density at radius 1 is 0.968 bits per heavy atom. The van der Waals surface area contributed by atoms with Crippen LogP contribution in [0.25, 0.3) is 22.0 Å². The number of ether oxygens (including phenoxy) is 2. The third kappa shape index (κ3) is 3.94. The van der Waals surface area contributed by atoms with Crippen molar-refractivity contribution >= 4 is 33.9 Å². The molecule has 0 spiro atoms. The quantitative estimate of drug-likeness (QED) is 0.433. The SMILES string of the molecule is CCn1c(=O)c(-c2cc(OC)cc(OC)c2Cl)cc2ccc(Nc3ccncc3)cc21. The van der Waals surface area contributed by atoms with Gasteiger partial charge in [0.1, 0.15) is 11.5 Å². The number of halogens is 1. The molecule has 31 heavy (non-hydrogen) atoms. The van der Waals surface area contributed by atoms with Crippen molar-refractivity contribution in [2.75, 3.05) is 19.5 Å². The first kappa shape index (κ1) is 20.8. The summed E-state index contributed by atoms with van der Waals surface area (Å²) in [6.45, 7) is 2.46. The predicted molar refractivity (Wildman–Crippen MR) is 125 cm³/mol. The van der Waals surface area contributed by atoms with E-state index in [1.54, 1.807) is 36.2 Å². The van der Waals surface area contributed by atoms with Crippen LogP contribution in [0.2, 0.25) is 5.02 Å². The lowest BCUT2D eigenvalue weighted by atomic mass is 10.0. The fourth-order valence-electron chi connectivity index (χ4n) is 3.59. The maximum atomic E-state index is 13.4. The van der Waals surface area contributed by atoms with Crippen LogP contribution >= 0.6 is 11.6 Å². The largest absolute Gasteiger partial charge is 0.497 e. The van der Waals surface area contributed by atoms with Crippen molar-refractivity contribution in [2.24, 2.45) is 0 Å². The van der Waals surface area contributed by atoms with Gasteiger partial charge in [-0.25, -0.2) is 0 Å². The lowest BCUT2D eigenvalue weighted by Crippen LogP contribution is -2.21. The van der Waals surface area contributed by atoms with E-state index >= 15 is 0 Å². The van der Waals surface area contributed by atoms with Crippen molar-refractivity contribution in [1.82, 2.24) is 9.55 Å². The Hall–Kier alpha value is -3.51. The highest BCUT2D eigenvalue weighted by Crippen LogP contribution is 2.38. The van der Waals surface area contributed by atoms with Crippen LogP contribution in [0.1, 0.15) is 6.92 Å². The number of benzene rings is 2. The number of hydrogen-bond acceptors (Lipinski definition) is 5. The molecule has 0 saturated heterocycles. The number of aromatic nitrogens is 2. The summed E-state index contributed by atoms with van der Waals surface area (Å²) in [6.07, 6.45) is 3.45. The molecule has 6 nitrogen and oxygen atoms in total. The van der Waals surface area contributed by atoms with Crippen LogP contribution in [0.5, 0.6) is 11.5 Å². The Morgan fingerprint density at radius 3 is 2.42 bits per heavy atom. The molecule has 4 rings (SSSR count). The molecule has 4 aromatic rings. The smallest absolute Gasteiger partial charge is 0.258 e. The Kier molecular flexibility index (Phi) is 5.82. The second-order valence-corrected chi connectivity index (χ2v) is 7.31. The van der Waals surface area contributed by atoms with E-state index in [1.807, 2.05) is 43.3 Å². The monoisotopic (exact) mass is 435 g/mol. The molecular formula is C24H22ClN3O3. The highest BCUT2D eigenvalue weighted by molar-refractivity contribution is 6.35. The molecule has 0 amide bonds. The van der Waals surface area contributed by atoms with Crippen LogP contribution in [-0.2, 0) is 6.54 Å². The number of methoxy groups -OCH3 is 2. The van der Waals surface area contributed by atoms with Gasteiger partial charge in [0.05, 0.1) is 24.8 Å². The molecule has 0 aliphatic heterocycles. The lowest BCUT2D eigenvalue weighted by Gasteiger charge is -2.16. The summed E-state index contributed by atoms with van der Waals surface area (Å²) in [5.74, 6) is 1.02. The second-order valence-electron chi connectivity index (χ2n) is 6.93. The van der Waals surface area contributed by atoms with Crippen LogP contribution in [0, 0.1) is 0 Å². The van der Waals surface area contributed by atoms with Crippen LogP contribution in [-0.4, -0.2) is 23.8 Å². The molecule has 0 aliphatic carbocycles. The molecule has 0 bridgehead atoms. The van der Waals surface area contributed by atoms with Crippen LogP contribution in [0.4, 0.5) is 11.4 Å². The number of nitrogens with one attached hydrogen (secondary N) is 1. The molecule has 1 N–H and O–H groups in total. The number of anilines is 2. The maximum Gasteiger partial charge on any atom is 0.258 e. The predicted octanol–water partition coefficient (Wildman–Crippen LogP) is 5.50. The number of nitrogens with zero attached hydrogens (tertiary/aromatic N) is 2. The van der Waals surface area contributed by atoms with E-state index in [0.717, 1.165) is 22.3 Å². The van der Waals surface area contributed by atoms with Crippen LogP contribution < -0.4 is 20.3 Å². The topological polar surface area (TPSA) is 65.4 Å². The lowest BCUT2D eigenvalue weighted by molar-refractivity contribution is 0.395. The summed E-state index contributed by atoms with van der Waals surface area (Å²) in [6, 6.07) is 15.0. The summed E-state index contributed by atoms with van der Waals surface area (Å²) in [4.78, 5) is 17.5. The zero-order valence-electron chi connectivity index (χ0n) is 17.5. The Morgan fingerprint density at radius 2 is 1.74 bits per heavy atom. The second kappa shape index (κ2) is 8.70. The van der Waals surface area contributed by atoms with Crippen molar-refractivity contribution in [3.63, 3.8) is 0 Å². The normalized spacial score (nSPS) is 10.8. The Labute approximate surface area is 185 Å². The number of rotatable bonds is 6.